The van der Waals surface area contributed by atoms with Crippen molar-refractivity contribution in [2.45, 2.75) is 13.3 Å². The zero-order chi connectivity index (χ0) is 10.3. The second-order valence-electron chi connectivity index (χ2n) is 2.92. The van der Waals surface area contributed by atoms with E-state index in [1.807, 2.05) is 0 Å². The van der Waals surface area contributed by atoms with Gasteiger partial charge in [-0.2, -0.15) is 0 Å². The molecule has 0 bridgehead atoms. The number of halogens is 3. The van der Waals surface area contributed by atoms with Crippen molar-refractivity contribution < 1.29 is 9.53 Å². The highest BCUT2D eigenvalue weighted by molar-refractivity contribution is 6.24. The number of carbonyl (C=O) groups is 1. The first-order valence-corrected chi connectivity index (χ1v) is 5.58. The highest BCUT2D eigenvalue weighted by Crippen LogP contribution is 2.23. The molecule has 0 atom stereocenters. The molecule has 0 saturated heterocycles. The van der Waals surface area contributed by atoms with E-state index in [2.05, 4.69) is 0 Å². The predicted octanol–water partition coefficient (Wildman–Crippen LogP) is 2.64. The van der Waals surface area contributed by atoms with E-state index in [9.17, 15) is 4.79 Å². The van der Waals surface area contributed by atoms with Crippen LogP contribution in [-0.4, -0.2) is 30.2 Å². The summed E-state index contributed by atoms with van der Waals surface area (Å²) in [6.07, 6.45) is 0.350. The zero-order valence-electron chi connectivity index (χ0n) is 7.49. The molecule has 0 spiro atoms. The Labute approximate surface area is 93.5 Å². The Bertz CT molecular complexity index is 149. The molecule has 0 aliphatic rings. The van der Waals surface area contributed by atoms with Crippen molar-refractivity contribution in [2.24, 2.45) is 5.41 Å². The van der Waals surface area contributed by atoms with Gasteiger partial charge < -0.3 is 4.74 Å². The van der Waals surface area contributed by atoms with Gasteiger partial charge in [-0.3, -0.25) is 4.79 Å². The van der Waals surface area contributed by atoms with Crippen LogP contribution >= 0.6 is 34.8 Å². The molecule has 0 aromatic rings. The van der Waals surface area contributed by atoms with Crippen LogP contribution in [0.2, 0.25) is 0 Å². The Balaban J connectivity index is 4.02. The summed E-state index contributed by atoms with van der Waals surface area (Å²) in [5, 5.41) is 0. The standard InChI is InChI=1S/C8H13Cl3O2/c1-2-7(12)13-6-8(3-9,4-10)5-11/h2-6H2,1H3. The lowest BCUT2D eigenvalue weighted by atomic mass is 9.97. The van der Waals surface area contributed by atoms with Gasteiger partial charge in [-0.15, -0.1) is 34.8 Å². The summed E-state index contributed by atoms with van der Waals surface area (Å²) < 4.78 is 4.94. The zero-order valence-corrected chi connectivity index (χ0v) is 9.75. The number of esters is 1. The number of hydrogen-bond donors (Lipinski definition) is 0. The summed E-state index contributed by atoms with van der Waals surface area (Å²) >= 11 is 17.1. The van der Waals surface area contributed by atoms with Crippen molar-refractivity contribution in [1.82, 2.24) is 0 Å². The molecule has 0 rings (SSSR count). The monoisotopic (exact) mass is 246 g/mol. The van der Waals surface area contributed by atoms with E-state index in [4.69, 9.17) is 39.5 Å². The Morgan fingerprint density at radius 3 is 2.00 bits per heavy atom. The van der Waals surface area contributed by atoms with Crippen molar-refractivity contribution in [3.8, 4) is 0 Å². The largest absolute Gasteiger partial charge is 0.465 e. The fourth-order valence-corrected chi connectivity index (χ4v) is 1.65. The normalized spacial score (nSPS) is 11.4. The number of rotatable bonds is 6. The van der Waals surface area contributed by atoms with Gasteiger partial charge in [-0.25, -0.2) is 0 Å². The van der Waals surface area contributed by atoms with Crippen molar-refractivity contribution in [1.29, 1.82) is 0 Å². The molecule has 0 radical (unpaired) electrons. The number of hydrogen-bond acceptors (Lipinski definition) is 2. The number of ether oxygens (including phenoxy) is 1. The van der Waals surface area contributed by atoms with E-state index < -0.39 is 5.41 Å². The van der Waals surface area contributed by atoms with Crippen molar-refractivity contribution in [3.05, 3.63) is 0 Å². The van der Waals surface area contributed by atoms with Gasteiger partial charge in [0.05, 0.1) is 0 Å². The van der Waals surface area contributed by atoms with Gasteiger partial charge in [0.15, 0.2) is 0 Å². The van der Waals surface area contributed by atoms with E-state index in [1.54, 1.807) is 6.92 Å². The van der Waals surface area contributed by atoms with Gasteiger partial charge >= 0.3 is 5.97 Å². The van der Waals surface area contributed by atoms with Gasteiger partial charge in [-0.1, -0.05) is 6.92 Å². The van der Waals surface area contributed by atoms with E-state index in [1.165, 1.54) is 0 Å². The van der Waals surface area contributed by atoms with Gasteiger partial charge in [0.25, 0.3) is 0 Å². The molecular formula is C8H13Cl3O2. The van der Waals surface area contributed by atoms with Gasteiger partial charge in [0, 0.05) is 29.5 Å². The number of alkyl halides is 3. The van der Waals surface area contributed by atoms with Crippen LogP contribution in [0.15, 0.2) is 0 Å². The first-order valence-electron chi connectivity index (χ1n) is 3.97. The Kier molecular flexibility index (Phi) is 6.92. The van der Waals surface area contributed by atoms with Crippen LogP contribution in [0.3, 0.4) is 0 Å². The van der Waals surface area contributed by atoms with Crippen LogP contribution in [-0.2, 0) is 9.53 Å². The summed E-state index contributed by atoms with van der Waals surface area (Å²) in [6, 6.07) is 0. The maximum Gasteiger partial charge on any atom is 0.305 e. The van der Waals surface area contributed by atoms with Crippen LogP contribution in [0, 0.1) is 5.41 Å². The molecule has 0 amide bonds. The Morgan fingerprint density at radius 1 is 1.23 bits per heavy atom. The molecule has 0 heterocycles. The van der Waals surface area contributed by atoms with E-state index in [-0.39, 0.29) is 30.2 Å². The van der Waals surface area contributed by atoms with E-state index in [0.29, 0.717) is 6.42 Å². The van der Waals surface area contributed by atoms with Gasteiger partial charge in [0.1, 0.15) is 6.61 Å². The van der Waals surface area contributed by atoms with Crippen molar-refractivity contribution >= 4 is 40.8 Å². The van der Waals surface area contributed by atoms with Crippen LogP contribution in [0.4, 0.5) is 0 Å². The average molecular weight is 248 g/mol. The van der Waals surface area contributed by atoms with Crippen molar-refractivity contribution in [3.63, 3.8) is 0 Å². The molecule has 0 aliphatic heterocycles. The molecule has 5 heteroatoms. The third-order valence-corrected chi connectivity index (χ3v) is 3.38. The second kappa shape index (κ2) is 6.74. The quantitative estimate of drug-likeness (QED) is 0.533. The fraction of sp³-hybridized carbons (Fsp3) is 0.875. The third-order valence-electron chi connectivity index (χ3n) is 1.68. The molecule has 0 N–H and O–H groups in total. The molecule has 0 saturated carbocycles. The summed E-state index contributed by atoms with van der Waals surface area (Å²) in [5.74, 6) is 0.607. The minimum Gasteiger partial charge on any atom is -0.465 e. The van der Waals surface area contributed by atoms with Gasteiger partial charge in [-0.05, 0) is 0 Å². The van der Waals surface area contributed by atoms with Gasteiger partial charge in [0.2, 0.25) is 0 Å². The lowest BCUT2D eigenvalue weighted by Crippen LogP contribution is -2.34. The molecule has 78 valence electrons. The molecule has 0 unspecified atom stereocenters. The minimum absolute atomic E-state index is 0.191. The first-order chi connectivity index (χ1) is 6.14. The first kappa shape index (κ1) is 13.3. The lowest BCUT2D eigenvalue weighted by Gasteiger charge is -2.25. The summed E-state index contributed by atoms with van der Waals surface area (Å²) in [5.41, 5.74) is -0.491. The summed E-state index contributed by atoms with van der Waals surface area (Å²) in [6.45, 7) is 1.92. The highest BCUT2D eigenvalue weighted by atomic mass is 35.5. The van der Waals surface area contributed by atoms with Crippen LogP contribution in [0.5, 0.6) is 0 Å². The molecule has 0 fully saturated rings. The minimum atomic E-state index is -0.491. The molecule has 13 heavy (non-hydrogen) atoms. The van der Waals surface area contributed by atoms with Crippen LogP contribution in [0.1, 0.15) is 13.3 Å². The van der Waals surface area contributed by atoms with Crippen LogP contribution < -0.4 is 0 Å². The maximum atomic E-state index is 10.9. The topological polar surface area (TPSA) is 26.3 Å². The predicted molar refractivity (Wildman–Crippen MR) is 55.8 cm³/mol. The molecular weight excluding hydrogens is 234 g/mol. The van der Waals surface area contributed by atoms with Crippen LogP contribution in [0.25, 0.3) is 0 Å². The summed E-state index contributed by atoms with van der Waals surface area (Å²) in [4.78, 5) is 10.9. The number of carbonyl (C=O) groups excluding carboxylic acids is 1. The highest BCUT2D eigenvalue weighted by Gasteiger charge is 2.29. The second-order valence-corrected chi connectivity index (χ2v) is 3.72. The maximum absolute atomic E-state index is 10.9. The smallest absolute Gasteiger partial charge is 0.305 e. The fourth-order valence-electron chi connectivity index (χ4n) is 0.559. The molecule has 2 nitrogen and oxygen atoms in total. The molecule has 0 aliphatic carbocycles. The average Bonchev–Trinajstić information content (AvgIpc) is 2.20. The molecule has 0 aromatic heterocycles. The van der Waals surface area contributed by atoms with Crippen molar-refractivity contribution in [2.75, 3.05) is 24.2 Å². The SMILES string of the molecule is CCC(=O)OCC(CCl)(CCl)CCl. The lowest BCUT2D eigenvalue weighted by molar-refractivity contribution is -0.145. The van der Waals surface area contributed by atoms with E-state index >= 15 is 0 Å². The molecule has 0 aromatic carbocycles. The Hall–Kier alpha value is 0.340. The van der Waals surface area contributed by atoms with E-state index in [0.717, 1.165) is 0 Å². The third kappa shape index (κ3) is 4.39. The Morgan fingerprint density at radius 2 is 1.69 bits per heavy atom. The summed E-state index contributed by atoms with van der Waals surface area (Å²) in [7, 11) is 0.